The van der Waals surface area contributed by atoms with Gasteiger partial charge in [0.15, 0.2) is 0 Å². The van der Waals surface area contributed by atoms with Crippen molar-refractivity contribution in [2.75, 3.05) is 40.3 Å². The van der Waals surface area contributed by atoms with E-state index in [4.69, 9.17) is 0 Å². The first-order valence-corrected chi connectivity index (χ1v) is 11.2. The fourth-order valence-electron chi connectivity index (χ4n) is 5.04. The number of hydrogen-bond acceptors (Lipinski definition) is 4. The number of hydrogen-bond donors (Lipinski definition) is 0. The first-order chi connectivity index (χ1) is 12.6. The van der Waals surface area contributed by atoms with Gasteiger partial charge in [0.1, 0.15) is 0 Å². The van der Waals surface area contributed by atoms with Crippen molar-refractivity contribution in [2.45, 2.75) is 57.0 Å². The minimum atomic E-state index is 0.234. The van der Waals surface area contributed by atoms with Crippen LogP contribution in [0.15, 0.2) is 12.1 Å². The van der Waals surface area contributed by atoms with Gasteiger partial charge >= 0.3 is 0 Å². The lowest BCUT2D eigenvalue weighted by Gasteiger charge is -2.35. The summed E-state index contributed by atoms with van der Waals surface area (Å²) in [6, 6.07) is 5.39. The second kappa shape index (κ2) is 7.99. The second-order valence-corrected chi connectivity index (χ2v) is 9.99. The van der Waals surface area contributed by atoms with Crippen LogP contribution < -0.4 is 0 Å². The molecule has 2 atom stereocenters. The number of carbonyl (C=O) groups is 1. The Kier molecular flexibility index (Phi) is 5.67. The molecule has 4 aliphatic rings. The molecule has 0 N–H and O–H groups in total. The highest BCUT2D eigenvalue weighted by Gasteiger charge is 2.35. The highest BCUT2D eigenvalue weighted by molar-refractivity contribution is 7.12. The SMILES string of the molecule is CN(C)C(=O)CN1C[C@H]2CC[C@@H](C1)N(Cc1ccc(C3CCCC3)s1)C2. The van der Waals surface area contributed by atoms with E-state index in [2.05, 4.69) is 33.3 Å². The smallest absolute Gasteiger partial charge is 0.236 e. The molecule has 0 aromatic carbocycles. The van der Waals surface area contributed by atoms with E-state index in [1.54, 1.807) is 9.78 Å². The van der Waals surface area contributed by atoms with Crippen molar-refractivity contribution in [2.24, 2.45) is 5.92 Å². The third-order valence-electron chi connectivity index (χ3n) is 6.56. The maximum absolute atomic E-state index is 12.1. The molecular formula is C21H33N3OS. The minimum Gasteiger partial charge on any atom is -0.348 e. The summed E-state index contributed by atoms with van der Waals surface area (Å²) < 4.78 is 0. The highest BCUT2D eigenvalue weighted by Crippen LogP contribution is 2.38. The van der Waals surface area contributed by atoms with Gasteiger partial charge in [-0.2, -0.15) is 0 Å². The van der Waals surface area contributed by atoms with E-state index in [1.165, 1.54) is 49.9 Å². The maximum Gasteiger partial charge on any atom is 0.236 e. The zero-order chi connectivity index (χ0) is 18.1. The van der Waals surface area contributed by atoms with Gasteiger partial charge in [0, 0.05) is 56.1 Å². The van der Waals surface area contributed by atoms with Gasteiger partial charge in [0.2, 0.25) is 5.91 Å². The molecule has 1 amide bonds. The van der Waals surface area contributed by atoms with Crippen LogP contribution in [0.3, 0.4) is 0 Å². The molecule has 1 aromatic rings. The Bertz CT molecular complexity index is 623. The van der Waals surface area contributed by atoms with Gasteiger partial charge < -0.3 is 4.90 Å². The van der Waals surface area contributed by atoms with Gasteiger partial charge in [-0.05, 0) is 49.7 Å². The molecule has 4 nitrogen and oxygen atoms in total. The predicted molar refractivity (Wildman–Crippen MR) is 108 cm³/mol. The molecule has 0 radical (unpaired) electrons. The van der Waals surface area contributed by atoms with Crippen LogP contribution in [0.25, 0.3) is 0 Å². The lowest BCUT2D eigenvalue weighted by atomic mass is 9.95. The van der Waals surface area contributed by atoms with Crippen molar-refractivity contribution in [1.29, 1.82) is 0 Å². The molecule has 0 spiro atoms. The maximum atomic E-state index is 12.1. The van der Waals surface area contributed by atoms with Crippen LogP contribution in [0.2, 0.25) is 0 Å². The van der Waals surface area contributed by atoms with Crippen LogP contribution >= 0.6 is 11.3 Å². The molecule has 1 saturated carbocycles. The van der Waals surface area contributed by atoms with E-state index in [-0.39, 0.29) is 5.91 Å². The van der Waals surface area contributed by atoms with E-state index in [1.807, 2.05) is 14.1 Å². The molecule has 0 unspecified atom stereocenters. The van der Waals surface area contributed by atoms with Crippen LogP contribution in [0, 0.1) is 5.92 Å². The number of thiophene rings is 1. The molecule has 1 aromatic heterocycles. The van der Waals surface area contributed by atoms with Gasteiger partial charge in [-0.25, -0.2) is 0 Å². The summed E-state index contributed by atoms with van der Waals surface area (Å²) in [6.45, 7) is 5.03. The van der Waals surface area contributed by atoms with Gasteiger partial charge in [0.05, 0.1) is 6.54 Å². The summed E-state index contributed by atoms with van der Waals surface area (Å²) in [5, 5.41) is 0. The molecule has 2 bridgehead atoms. The van der Waals surface area contributed by atoms with Gasteiger partial charge in [-0.15, -0.1) is 11.3 Å². The first-order valence-electron chi connectivity index (χ1n) is 10.3. The van der Waals surface area contributed by atoms with Crippen molar-refractivity contribution in [3.63, 3.8) is 0 Å². The fraction of sp³-hybridized carbons (Fsp3) is 0.762. The van der Waals surface area contributed by atoms with Crippen molar-refractivity contribution in [3.05, 3.63) is 21.9 Å². The quantitative estimate of drug-likeness (QED) is 0.789. The van der Waals surface area contributed by atoms with Crippen molar-refractivity contribution >= 4 is 17.2 Å². The Morgan fingerprint density at radius 2 is 1.92 bits per heavy atom. The molecule has 4 heterocycles. The zero-order valence-corrected chi connectivity index (χ0v) is 17.1. The van der Waals surface area contributed by atoms with Crippen LogP contribution in [0.1, 0.15) is 54.2 Å². The van der Waals surface area contributed by atoms with Crippen LogP contribution in [-0.2, 0) is 11.3 Å². The summed E-state index contributed by atoms with van der Waals surface area (Å²) in [5.41, 5.74) is 0. The van der Waals surface area contributed by atoms with Crippen LogP contribution in [0.4, 0.5) is 0 Å². The number of likely N-dealkylation sites (N-methyl/N-ethyl adjacent to an activating group) is 1. The lowest BCUT2D eigenvalue weighted by Crippen LogP contribution is -2.44. The standard InChI is InChI=1S/C21H33N3OS/c1-22(2)21(25)15-23-11-16-7-8-18(13-23)24(12-16)14-19-9-10-20(26-19)17-5-3-4-6-17/h9-10,16-18H,3-8,11-15H2,1-2H3/t16-,18+/m1/s1. The molecule has 4 fully saturated rings. The number of fused-ring (bicyclic) bond motifs is 4. The van der Waals surface area contributed by atoms with Gasteiger partial charge in [-0.3, -0.25) is 14.6 Å². The molecule has 144 valence electrons. The Labute approximate surface area is 162 Å². The number of nitrogens with zero attached hydrogens (tertiary/aromatic N) is 3. The average Bonchev–Trinajstić information content (AvgIpc) is 3.22. The molecule has 5 rings (SSSR count). The Morgan fingerprint density at radius 3 is 2.69 bits per heavy atom. The summed E-state index contributed by atoms with van der Waals surface area (Å²) in [4.78, 5) is 22.1. The summed E-state index contributed by atoms with van der Waals surface area (Å²) in [5.74, 6) is 1.79. The third-order valence-corrected chi connectivity index (χ3v) is 7.79. The summed E-state index contributed by atoms with van der Waals surface area (Å²) in [7, 11) is 3.72. The first kappa shape index (κ1) is 18.5. The summed E-state index contributed by atoms with van der Waals surface area (Å²) in [6.07, 6.45) is 8.22. The normalized spacial score (nSPS) is 27.8. The largest absolute Gasteiger partial charge is 0.348 e. The number of piperidine rings is 1. The van der Waals surface area contributed by atoms with E-state index in [0.29, 0.717) is 12.6 Å². The fourth-order valence-corrected chi connectivity index (χ4v) is 6.25. The van der Waals surface area contributed by atoms with E-state index >= 15 is 0 Å². The molecule has 5 heteroatoms. The number of carbonyl (C=O) groups excluding carboxylic acids is 1. The van der Waals surface area contributed by atoms with E-state index in [9.17, 15) is 4.79 Å². The minimum absolute atomic E-state index is 0.234. The van der Waals surface area contributed by atoms with Gasteiger partial charge in [-0.1, -0.05) is 12.8 Å². The molecule has 3 saturated heterocycles. The Morgan fingerprint density at radius 1 is 1.12 bits per heavy atom. The van der Waals surface area contributed by atoms with E-state index in [0.717, 1.165) is 31.5 Å². The van der Waals surface area contributed by atoms with Crippen molar-refractivity contribution < 1.29 is 4.79 Å². The monoisotopic (exact) mass is 375 g/mol. The Balaban J connectivity index is 1.38. The number of amides is 1. The lowest BCUT2D eigenvalue weighted by molar-refractivity contribution is -0.130. The predicted octanol–water partition coefficient (Wildman–Crippen LogP) is 3.39. The molecule has 3 aliphatic heterocycles. The highest BCUT2D eigenvalue weighted by atomic mass is 32.1. The molecule has 1 aliphatic carbocycles. The van der Waals surface area contributed by atoms with Crippen molar-refractivity contribution in [3.8, 4) is 0 Å². The zero-order valence-electron chi connectivity index (χ0n) is 16.3. The molecular weight excluding hydrogens is 342 g/mol. The summed E-state index contributed by atoms with van der Waals surface area (Å²) >= 11 is 2.06. The van der Waals surface area contributed by atoms with E-state index < -0.39 is 0 Å². The topological polar surface area (TPSA) is 26.8 Å². The number of rotatable bonds is 5. The average molecular weight is 376 g/mol. The van der Waals surface area contributed by atoms with Gasteiger partial charge in [0.25, 0.3) is 0 Å². The second-order valence-electron chi connectivity index (χ2n) is 8.79. The Hall–Kier alpha value is -0.910. The van der Waals surface area contributed by atoms with Crippen LogP contribution in [-0.4, -0.2) is 66.9 Å². The molecule has 26 heavy (non-hydrogen) atoms. The van der Waals surface area contributed by atoms with Crippen LogP contribution in [0.5, 0.6) is 0 Å². The van der Waals surface area contributed by atoms with Crippen molar-refractivity contribution in [1.82, 2.24) is 14.7 Å². The third kappa shape index (κ3) is 4.15.